The first-order valence-corrected chi connectivity index (χ1v) is 8.75. The van der Waals surface area contributed by atoms with Crippen molar-refractivity contribution in [3.05, 3.63) is 20.8 Å². The van der Waals surface area contributed by atoms with Crippen molar-refractivity contribution in [2.75, 3.05) is 6.54 Å². The van der Waals surface area contributed by atoms with E-state index < -0.39 is 0 Å². The average molecular weight is 330 g/mol. The quantitative estimate of drug-likeness (QED) is 0.782. The Bertz CT molecular complexity index is 386. The third-order valence-corrected chi connectivity index (χ3v) is 6.15. The smallest absolute Gasteiger partial charge is 0.0373 e. The van der Waals surface area contributed by atoms with Gasteiger partial charge in [0.1, 0.15) is 0 Å². The van der Waals surface area contributed by atoms with E-state index in [1.807, 2.05) is 0 Å². The van der Waals surface area contributed by atoms with Gasteiger partial charge in [-0.15, -0.1) is 0 Å². The minimum atomic E-state index is 0.451. The molecule has 0 aliphatic heterocycles. The summed E-state index contributed by atoms with van der Waals surface area (Å²) in [5.74, 6) is 0.747. The Morgan fingerprint density at radius 2 is 2.22 bits per heavy atom. The summed E-state index contributed by atoms with van der Waals surface area (Å²) < 4.78 is 1.28. The zero-order chi connectivity index (χ0) is 13.2. The summed E-state index contributed by atoms with van der Waals surface area (Å²) in [7, 11) is 0. The van der Waals surface area contributed by atoms with Crippen LogP contribution < -0.4 is 5.32 Å². The first kappa shape index (κ1) is 14.5. The molecule has 0 amide bonds. The summed E-state index contributed by atoms with van der Waals surface area (Å²) in [5, 5.41) is 8.24. The fraction of sp³-hybridized carbons (Fsp3) is 0.733. The number of halogens is 1. The van der Waals surface area contributed by atoms with Gasteiger partial charge in [-0.1, -0.05) is 33.6 Å². The molecule has 1 aliphatic rings. The van der Waals surface area contributed by atoms with Crippen LogP contribution in [-0.4, -0.2) is 6.54 Å². The van der Waals surface area contributed by atoms with E-state index in [0.29, 0.717) is 11.5 Å². The summed E-state index contributed by atoms with van der Waals surface area (Å²) >= 11 is 5.51. The molecular formula is C15H24BrNS. The molecule has 1 heterocycles. The fourth-order valence-corrected chi connectivity index (χ4v) is 4.92. The van der Waals surface area contributed by atoms with Crippen molar-refractivity contribution in [1.29, 1.82) is 0 Å². The topological polar surface area (TPSA) is 12.0 Å². The van der Waals surface area contributed by atoms with E-state index in [9.17, 15) is 0 Å². The van der Waals surface area contributed by atoms with Gasteiger partial charge in [0.05, 0.1) is 0 Å². The molecule has 0 aromatic carbocycles. The molecule has 1 saturated carbocycles. The first-order chi connectivity index (χ1) is 8.56. The van der Waals surface area contributed by atoms with Crippen LogP contribution in [0.25, 0.3) is 0 Å². The number of hydrogen-bond acceptors (Lipinski definition) is 2. The number of hydrogen-bond donors (Lipinski definition) is 1. The van der Waals surface area contributed by atoms with Crippen molar-refractivity contribution in [3.63, 3.8) is 0 Å². The fourth-order valence-electron chi connectivity index (χ4n) is 3.34. The summed E-state index contributed by atoms with van der Waals surface area (Å²) in [4.78, 5) is 0. The number of nitrogens with one attached hydrogen (secondary N) is 1. The number of thiophene rings is 1. The first-order valence-electron chi connectivity index (χ1n) is 7.01. The van der Waals surface area contributed by atoms with Crippen molar-refractivity contribution < 1.29 is 0 Å². The van der Waals surface area contributed by atoms with Crippen LogP contribution in [0.1, 0.15) is 58.1 Å². The standard InChI is InChI=1S/C15H24BrNS/c1-4-17-14(11-9-18-10-13(11)16)12-7-5-6-8-15(12,2)3/h9-10,12,14,17H,4-8H2,1-3H3. The van der Waals surface area contributed by atoms with E-state index >= 15 is 0 Å². The lowest BCUT2D eigenvalue weighted by Crippen LogP contribution is -2.39. The molecule has 1 aliphatic carbocycles. The van der Waals surface area contributed by atoms with Gasteiger partial charge in [0.2, 0.25) is 0 Å². The highest BCUT2D eigenvalue weighted by Crippen LogP contribution is 2.48. The van der Waals surface area contributed by atoms with Crippen LogP contribution in [0.15, 0.2) is 15.2 Å². The monoisotopic (exact) mass is 329 g/mol. The lowest BCUT2D eigenvalue weighted by Gasteiger charge is -2.43. The Labute approximate surface area is 123 Å². The molecule has 2 unspecified atom stereocenters. The molecule has 102 valence electrons. The lowest BCUT2D eigenvalue weighted by molar-refractivity contribution is 0.0987. The summed E-state index contributed by atoms with van der Waals surface area (Å²) in [6, 6.07) is 0.505. The minimum Gasteiger partial charge on any atom is -0.310 e. The Kier molecular flexibility index (Phi) is 4.90. The second-order valence-corrected chi connectivity index (χ2v) is 7.65. The molecule has 1 aromatic heterocycles. The van der Waals surface area contributed by atoms with Gasteiger partial charge in [0.15, 0.2) is 0 Å². The highest BCUT2D eigenvalue weighted by atomic mass is 79.9. The average Bonchev–Trinajstić information content (AvgIpc) is 2.72. The second-order valence-electron chi connectivity index (χ2n) is 6.05. The molecule has 0 saturated heterocycles. The summed E-state index contributed by atoms with van der Waals surface area (Å²) in [6.45, 7) is 8.14. The Hall–Kier alpha value is 0.140. The van der Waals surface area contributed by atoms with Crippen LogP contribution in [0.3, 0.4) is 0 Å². The van der Waals surface area contributed by atoms with E-state index in [4.69, 9.17) is 0 Å². The number of rotatable bonds is 4. The molecular weight excluding hydrogens is 306 g/mol. The van der Waals surface area contributed by atoms with E-state index in [-0.39, 0.29) is 0 Å². The third kappa shape index (κ3) is 3.00. The summed E-state index contributed by atoms with van der Waals surface area (Å²) in [5.41, 5.74) is 1.91. The normalized spacial score (nSPS) is 25.0. The van der Waals surface area contributed by atoms with Gasteiger partial charge in [0, 0.05) is 15.9 Å². The van der Waals surface area contributed by atoms with Gasteiger partial charge in [-0.2, -0.15) is 11.3 Å². The van der Waals surface area contributed by atoms with Gasteiger partial charge in [-0.05, 0) is 57.6 Å². The van der Waals surface area contributed by atoms with E-state index in [1.54, 1.807) is 11.3 Å². The lowest BCUT2D eigenvalue weighted by atomic mass is 9.65. The van der Waals surface area contributed by atoms with Crippen LogP contribution in [0.5, 0.6) is 0 Å². The second kappa shape index (κ2) is 6.06. The minimum absolute atomic E-state index is 0.451. The third-order valence-electron chi connectivity index (χ3n) is 4.39. The van der Waals surface area contributed by atoms with E-state index in [0.717, 1.165) is 12.5 Å². The Balaban J connectivity index is 2.27. The predicted octanol–water partition coefficient (Wildman–Crippen LogP) is 5.38. The van der Waals surface area contributed by atoms with Crippen LogP contribution in [-0.2, 0) is 0 Å². The van der Waals surface area contributed by atoms with E-state index in [1.165, 1.54) is 35.7 Å². The van der Waals surface area contributed by atoms with Crippen LogP contribution in [0.2, 0.25) is 0 Å². The molecule has 0 radical (unpaired) electrons. The van der Waals surface area contributed by atoms with Gasteiger partial charge < -0.3 is 5.32 Å². The predicted molar refractivity (Wildman–Crippen MR) is 84.2 cm³/mol. The van der Waals surface area contributed by atoms with Crippen LogP contribution in [0.4, 0.5) is 0 Å². The Morgan fingerprint density at radius 1 is 1.44 bits per heavy atom. The van der Waals surface area contributed by atoms with Gasteiger partial charge in [-0.25, -0.2) is 0 Å². The van der Waals surface area contributed by atoms with Crippen molar-refractivity contribution in [2.24, 2.45) is 11.3 Å². The van der Waals surface area contributed by atoms with E-state index in [2.05, 4.69) is 52.8 Å². The molecule has 18 heavy (non-hydrogen) atoms. The van der Waals surface area contributed by atoms with Crippen molar-refractivity contribution in [3.8, 4) is 0 Å². The van der Waals surface area contributed by atoms with Gasteiger partial charge in [0.25, 0.3) is 0 Å². The molecule has 1 fully saturated rings. The maximum atomic E-state index is 3.73. The molecule has 2 atom stereocenters. The maximum absolute atomic E-state index is 3.73. The SMILES string of the molecule is CCNC(c1cscc1Br)C1CCCCC1(C)C. The molecule has 3 heteroatoms. The highest BCUT2D eigenvalue weighted by molar-refractivity contribution is 9.10. The molecule has 0 spiro atoms. The zero-order valence-electron chi connectivity index (χ0n) is 11.6. The zero-order valence-corrected chi connectivity index (χ0v) is 14.0. The van der Waals surface area contributed by atoms with Crippen molar-refractivity contribution in [1.82, 2.24) is 5.32 Å². The highest BCUT2D eigenvalue weighted by Gasteiger charge is 2.38. The van der Waals surface area contributed by atoms with Crippen LogP contribution in [0, 0.1) is 11.3 Å². The van der Waals surface area contributed by atoms with Crippen LogP contribution >= 0.6 is 27.3 Å². The summed E-state index contributed by atoms with van der Waals surface area (Å²) in [6.07, 6.45) is 5.50. The van der Waals surface area contributed by atoms with Gasteiger partial charge >= 0.3 is 0 Å². The Morgan fingerprint density at radius 3 is 2.78 bits per heavy atom. The van der Waals surface area contributed by atoms with Crippen molar-refractivity contribution >= 4 is 27.3 Å². The molecule has 2 rings (SSSR count). The van der Waals surface area contributed by atoms with Crippen molar-refractivity contribution in [2.45, 2.75) is 52.5 Å². The van der Waals surface area contributed by atoms with Gasteiger partial charge in [-0.3, -0.25) is 0 Å². The maximum Gasteiger partial charge on any atom is 0.0373 e. The largest absolute Gasteiger partial charge is 0.310 e. The molecule has 1 nitrogen and oxygen atoms in total. The molecule has 1 aromatic rings. The molecule has 1 N–H and O–H groups in total. The molecule has 0 bridgehead atoms.